The first kappa shape index (κ1) is 15.5. The summed E-state index contributed by atoms with van der Waals surface area (Å²) in [4.78, 5) is 16.9. The zero-order valence-electron chi connectivity index (χ0n) is 12.6. The zero-order chi connectivity index (χ0) is 15.9. The Hall–Kier alpha value is -1.38. The van der Waals surface area contributed by atoms with Gasteiger partial charge < -0.3 is 9.32 Å². The van der Waals surface area contributed by atoms with Crippen LogP contribution in [0.15, 0.2) is 15.6 Å². The van der Waals surface area contributed by atoms with Crippen LogP contribution in [0.5, 0.6) is 0 Å². The molecule has 0 radical (unpaired) electrons. The fourth-order valence-corrected chi connectivity index (χ4v) is 3.84. The maximum Gasteiger partial charge on any atom is 0.271 e. The average molecular weight is 327 g/mol. The highest BCUT2D eigenvalue weighted by molar-refractivity contribution is 7.89. The fraction of sp³-hybridized carbons (Fsp3) is 0.643. The molecule has 1 aromatic heterocycles. The number of furan rings is 1. The Kier molecular flexibility index (Phi) is 4.00. The molecule has 3 heterocycles. The van der Waals surface area contributed by atoms with Crippen LogP contribution in [-0.4, -0.2) is 56.3 Å². The maximum atomic E-state index is 12.6. The number of fused-ring (bicyclic) bond motifs is 1. The summed E-state index contributed by atoms with van der Waals surface area (Å²) in [5.74, 6) is 0.112. The predicted octanol–water partition coefficient (Wildman–Crippen LogP) is 0.546. The van der Waals surface area contributed by atoms with Gasteiger partial charge in [0, 0.05) is 31.7 Å². The van der Waals surface area contributed by atoms with Gasteiger partial charge >= 0.3 is 0 Å². The molecule has 2 aliphatic rings. The molecule has 22 heavy (non-hydrogen) atoms. The van der Waals surface area contributed by atoms with E-state index in [9.17, 15) is 13.2 Å². The molecule has 0 aliphatic carbocycles. The van der Waals surface area contributed by atoms with Crippen molar-refractivity contribution < 1.29 is 17.6 Å². The number of hydrogen-bond donors (Lipinski definition) is 1. The highest BCUT2D eigenvalue weighted by Gasteiger charge is 2.33. The zero-order valence-corrected chi connectivity index (χ0v) is 13.4. The van der Waals surface area contributed by atoms with Crippen LogP contribution in [0.3, 0.4) is 0 Å². The van der Waals surface area contributed by atoms with Crippen LogP contribution >= 0.6 is 0 Å². The van der Waals surface area contributed by atoms with Gasteiger partial charge in [0.05, 0.1) is 5.56 Å². The number of rotatable bonds is 2. The molecule has 2 N–H and O–H groups in total. The van der Waals surface area contributed by atoms with E-state index in [-0.39, 0.29) is 16.6 Å². The molecule has 0 saturated carbocycles. The lowest BCUT2D eigenvalue weighted by Crippen LogP contribution is -2.56. The van der Waals surface area contributed by atoms with Crippen molar-refractivity contribution in [3.63, 3.8) is 0 Å². The molecule has 3 rings (SSSR count). The Morgan fingerprint density at radius 2 is 2.09 bits per heavy atom. The van der Waals surface area contributed by atoms with E-state index in [2.05, 4.69) is 4.90 Å². The highest BCUT2D eigenvalue weighted by atomic mass is 32.2. The van der Waals surface area contributed by atoms with Crippen LogP contribution in [0.2, 0.25) is 0 Å². The summed E-state index contributed by atoms with van der Waals surface area (Å²) in [7, 11) is -3.93. The molecule has 1 atom stereocenters. The lowest BCUT2D eigenvalue weighted by Gasteiger charge is -2.44. The second-order valence-electron chi connectivity index (χ2n) is 6.02. The van der Waals surface area contributed by atoms with Crippen LogP contribution in [0, 0.1) is 6.92 Å². The number of primary sulfonamides is 1. The van der Waals surface area contributed by atoms with Crippen LogP contribution in [0.25, 0.3) is 0 Å². The summed E-state index contributed by atoms with van der Waals surface area (Å²) in [5, 5.41) is 4.70. The average Bonchev–Trinajstić information content (AvgIpc) is 2.88. The lowest BCUT2D eigenvalue weighted by molar-refractivity contribution is 0.0371. The van der Waals surface area contributed by atoms with E-state index in [0.717, 1.165) is 19.5 Å². The number of piperazine rings is 1. The Bertz CT molecular complexity index is 682. The van der Waals surface area contributed by atoms with Crippen molar-refractivity contribution in [2.75, 3.05) is 26.2 Å². The van der Waals surface area contributed by atoms with E-state index < -0.39 is 10.0 Å². The Labute approximate surface area is 130 Å². The Morgan fingerprint density at radius 3 is 2.77 bits per heavy atom. The van der Waals surface area contributed by atoms with Crippen molar-refractivity contribution in [2.24, 2.45) is 5.14 Å². The second-order valence-corrected chi connectivity index (χ2v) is 7.51. The molecule has 0 bridgehead atoms. The summed E-state index contributed by atoms with van der Waals surface area (Å²) in [6.45, 7) is 4.90. The molecule has 2 aliphatic heterocycles. The van der Waals surface area contributed by atoms with Crippen LogP contribution < -0.4 is 5.14 Å². The van der Waals surface area contributed by atoms with Gasteiger partial charge in [-0.1, -0.05) is 6.42 Å². The van der Waals surface area contributed by atoms with E-state index in [1.165, 1.54) is 18.9 Å². The van der Waals surface area contributed by atoms with Gasteiger partial charge in [0.15, 0.2) is 0 Å². The van der Waals surface area contributed by atoms with Gasteiger partial charge in [-0.05, 0) is 26.3 Å². The summed E-state index contributed by atoms with van der Waals surface area (Å²) in [6, 6.07) is 1.65. The molecule has 0 aromatic carbocycles. The van der Waals surface area contributed by atoms with E-state index in [0.29, 0.717) is 24.9 Å². The maximum absolute atomic E-state index is 12.6. The summed E-state index contributed by atoms with van der Waals surface area (Å²) >= 11 is 0. The normalized spacial score (nSPS) is 23.4. The topological polar surface area (TPSA) is 96.8 Å². The molecule has 1 aromatic rings. The van der Waals surface area contributed by atoms with Gasteiger partial charge in [-0.2, -0.15) is 0 Å². The minimum Gasteiger partial charge on any atom is -0.448 e. The first-order chi connectivity index (χ1) is 10.4. The van der Waals surface area contributed by atoms with Gasteiger partial charge in [-0.15, -0.1) is 0 Å². The molecule has 2 fully saturated rings. The van der Waals surface area contributed by atoms with Crippen LogP contribution in [0.4, 0.5) is 0 Å². The third-order valence-corrected chi connectivity index (χ3v) is 5.29. The van der Waals surface area contributed by atoms with Crippen molar-refractivity contribution in [2.45, 2.75) is 37.3 Å². The second kappa shape index (κ2) is 5.68. The molecule has 2 saturated heterocycles. The molecule has 8 heteroatoms. The standard InChI is InChI=1S/C14H21N3O4S/c1-10-12(8-13(21-10)22(15,19)20)14(18)17-7-6-16-5-3-2-4-11(16)9-17/h8,11H,2-7,9H2,1H3,(H2,15,19,20)/t11-/m0/s1. The van der Waals surface area contributed by atoms with Crippen LogP contribution in [-0.2, 0) is 10.0 Å². The third kappa shape index (κ3) is 2.90. The van der Waals surface area contributed by atoms with E-state index in [4.69, 9.17) is 9.56 Å². The number of nitrogens with two attached hydrogens (primary N) is 1. The molecular weight excluding hydrogens is 306 g/mol. The highest BCUT2D eigenvalue weighted by Crippen LogP contribution is 2.24. The first-order valence-corrected chi connectivity index (χ1v) is 9.07. The first-order valence-electron chi connectivity index (χ1n) is 7.53. The Balaban J connectivity index is 1.78. The smallest absolute Gasteiger partial charge is 0.271 e. The van der Waals surface area contributed by atoms with Gasteiger partial charge in [0.1, 0.15) is 5.76 Å². The molecular formula is C14H21N3O4S. The van der Waals surface area contributed by atoms with E-state index in [1.807, 2.05) is 0 Å². The number of hydrogen-bond acceptors (Lipinski definition) is 5. The predicted molar refractivity (Wildman–Crippen MR) is 79.9 cm³/mol. The number of nitrogens with zero attached hydrogens (tertiary/aromatic N) is 2. The molecule has 1 amide bonds. The minimum absolute atomic E-state index is 0.179. The third-order valence-electron chi connectivity index (χ3n) is 4.53. The van der Waals surface area contributed by atoms with Crippen molar-refractivity contribution >= 4 is 15.9 Å². The lowest BCUT2D eigenvalue weighted by atomic mass is 9.99. The van der Waals surface area contributed by atoms with Crippen molar-refractivity contribution in [3.8, 4) is 0 Å². The van der Waals surface area contributed by atoms with Gasteiger partial charge in [-0.25, -0.2) is 13.6 Å². The van der Waals surface area contributed by atoms with Crippen molar-refractivity contribution in [1.29, 1.82) is 0 Å². The SMILES string of the molecule is Cc1oc(S(N)(=O)=O)cc1C(=O)N1CCN2CCCC[C@H]2C1. The Morgan fingerprint density at radius 1 is 1.32 bits per heavy atom. The van der Waals surface area contributed by atoms with E-state index in [1.54, 1.807) is 11.8 Å². The molecule has 0 spiro atoms. The summed E-state index contributed by atoms with van der Waals surface area (Å²) in [5.41, 5.74) is 0.285. The van der Waals surface area contributed by atoms with Gasteiger partial charge in [-0.3, -0.25) is 9.69 Å². The summed E-state index contributed by atoms with van der Waals surface area (Å²) < 4.78 is 27.8. The summed E-state index contributed by atoms with van der Waals surface area (Å²) in [6.07, 6.45) is 3.53. The fourth-order valence-electron chi connectivity index (χ4n) is 3.32. The largest absolute Gasteiger partial charge is 0.448 e. The molecule has 122 valence electrons. The number of carbonyl (C=O) groups is 1. The molecule has 0 unspecified atom stereocenters. The minimum atomic E-state index is -3.93. The van der Waals surface area contributed by atoms with Crippen molar-refractivity contribution in [3.05, 3.63) is 17.4 Å². The number of carbonyl (C=O) groups excluding carboxylic acids is 1. The van der Waals surface area contributed by atoms with E-state index >= 15 is 0 Å². The van der Waals surface area contributed by atoms with Gasteiger partial charge in [0.2, 0.25) is 5.09 Å². The monoisotopic (exact) mass is 327 g/mol. The number of sulfonamides is 1. The molecule has 7 nitrogen and oxygen atoms in total. The number of piperidine rings is 1. The van der Waals surface area contributed by atoms with Crippen LogP contribution in [0.1, 0.15) is 35.4 Å². The quantitative estimate of drug-likeness (QED) is 0.855. The van der Waals surface area contributed by atoms with Gasteiger partial charge in [0.25, 0.3) is 15.9 Å². The van der Waals surface area contributed by atoms with Crippen molar-refractivity contribution in [1.82, 2.24) is 9.80 Å². The number of aryl methyl sites for hydroxylation is 1. The number of amides is 1.